The molecule has 29 heavy (non-hydrogen) atoms. The Hall–Kier alpha value is -3.12. The molecule has 4 rings (SSSR count). The largest absolute Gasteiger partial charge is 0.496 e. The molecule has 1 aliphatic heterocycles. The van der Waals surface area contributed by atoms with E-state index >= 15 is 0 Å². The third kappa shape index (κ3) is 4.66. The fourth-order valence-corrected chi connectivity index (χ4v) is 3.85. The van der Waals surface area contributed by atoms with Gasteiger partial charge < -0.3 is 10.1 Å². The van der Waals surface area contributed by atoms with E-state index in [4.69, 9.17) is 4.74 Å². The lowest BCUT2D eigenvalue weighted by atomic mass is 10.0. The number of benzene rings is 2. The van der Waals surface area contributed by atoms with E-state index in [1.165, 1.54) is 5.56 Å². The molecule has 2 aromatic carbocycles. The van der Waals surface area contributed by atoms with Gasteiger partial charge in [0.1, 0.15) is 11.4 Å². The molecule has 2 heterocycles. The monoisotopic (exact) mass is 390 g/mol. The number of amides is 1. The second-order valence-electron chi connectivity index (χ2n) is 7.41. The van der Waals surface area contributed by atoms with Crippen LogP contribution in [0.5, 0.6) is 5.75 Å². The molecule has 1 fully saturated rings. The van der Waals surface area contributed by atoms with Crippen LogP contribution in [0.15, 0.2) is 60.7 Å². The van der Waals surface area contributed by atoms with Gasteiger partial charge in [0.25, 0.3) is 5.91 Å². The average Bonchev–Trinajstić information content (AvgIpc) is 3.43. The number of rotatable bonds is 7. The van der Waals surface area contributed by atoms with Crippen LogP contribution in [0.3, 0.4) is 0 Å². The van der Waals surface area contributed by atoms with Crippen LogP contribution < -0.4 is 10.1 Å². The Labute approximate surface area is 170 Å². The van der Waals surface area contributed by atoms with E-state index in [1.807, 2.05) is 36.4 Å². The zero-order chi connectivity index (χ0) is 20.1. The molecular weight excluding hydrogens is 364 g/mol. The molecule has 0 saturated carbocycles. The number of aromatic nitrogens is 2. The van der Waals surface area contributed by atoms with E-state index in [1.54, 1.807) is 7.11 Å². The van der Waals surface area contributed by atoms with E-state index in [2.05, 4.69) is 44.7 Å². The van der Waals surface area contributed by atoms with Gasteiger partial charge in [-0.05, 0) is 30.7 Å². The van der Waals surface area contributed by atoms with Crippen molar-refractivity contribution in [3.05, 3.63) is 83.2 Å². The SMILES string of the molecule is COc1ccccc1CNC(=O)c1cc([C@@H]2CCN(Cc3ccccc3)C2)[nH]n1. The number of para-hydroxylation sites is 1. The Kier molecular flexibility index (Phi) is 5.91. The number of nitrogens with zero attached hydrogens (tertiary/aromatic N) is 2. The summed E-state index contributed by atoms with van der Waals surface area (Å²) in [7, 11) is 1.63. The van der Waals surface area contributed by atoms with Crippen molar-refractivity contribution in [1.82, 2.24) is 20.4 Å². The van der Waals surface area contributed by atoms with Gasteiger partial charge >= 0.3 is 0 Å². The van der Waals surface area contributed by atoms with Gasteiger partial charge in [0.15, 0.2) is 0 Å². The van der Waals surface area contributed by atoms with Crippen molar-refractivity contribution in [2.75, 3.05) is 20.2 Å². The summed E-state index contributed by atoms with van der Waals surface area (Å²) in [5.74, 6) is 0.958. The van der Waals surface area contributed by atoms with Gasteiger partial charge in [0.05, 0.1) is 7.11 Å². The maximum absolute atomic E-state index is 12.5. The van der Waals surface area contributed by atoms with E-state index in [-0.39, 0.29) is 5.91 Å². The van der Waals surface area contributed by atoms with E-state index < -0.39 is 0 Å². The zero-order valence-corrected chi connectivity index (χ0v) is 16.6. The molecule has 3 aromatic rings. The number of carbonyl (C=O) groups excluding carboxylic acids is 1. The molecule has 0 unspecified atom stereocenters. The van der Waals surface area contributed by atoms with Gasteiger partial charge in [0, 0.05) is 36.8 Å². The van der Waals surface area contributed by atoms with Crippen LogP contribution in [0, 0.1) is 0 Å². The Balaban J connectivity index is 1.33. The van der Waals surface area contributed by atoms with Gasteiger partial charge in [-0.3, -0.25) is 14.8 Å². The minimum absolute atomic E-state index is 0.183. The molecule has 150 valence electrons. The molecular formula is C23H26N4O2. The third-order valence-electron chi connectivity index (χ3n) is 5.42. The quantitative estimate of drug-likeness (QED) is 0.649. The Bertz CT molecular complexity index is 954. The normalized spacial score (nSPS) is 16.7. The molecule has 1 amide bonds. The second kappa shape index (κ2) is 8.92. The molecule has 6 heteroatoms. The number of H-pyrrole nitrogens is 1. The number of carbonyl (C=O) groups is 1. The summed E-state index contributed by atoms with van der Waals surface area (Å²) in [6, 6.07) is 20.1. The molecule has 0 aliphatic carbocycles. The van der Waals surface area contributed by atoms with E-state index in [0.29, 0.717) is 18.2 Å². The highest BCUT2D eigenvalue weighted by Crippen LogP contribution is 2.27. The molecule has 1 atom stereocenters. The summed E-state index contributed by atoms with van der Waals surface area (Å²) in [4.78, 5) is 15.0. The number of ether oxygens (including phenoxy) is 1. The first-order valence-corrected chi connectivity index (χ1v) is 9.94. The lowest BCUT2D eigenvalue weighted by Gasteiger charge is -2.15. The standard InChI is InChI=1S/C23H26N4O2/c1-29-22-10-6-5-9-18(22)14-24-23(28)21-13-20(25-26-21)19-11-12-27(16-19)15-17-7-3-2-4-8-17/h2-10,13,19H,11-12,14-16H2,1H3,(H,24,28)(H,25,26)/t19-/m1/s1. The van der Waals surface area contributed by atoms with Crippen molar-refractivity contribution in [1.29, 1.82) is 0 Å². The summed E-state index contributed by atoms with van der Waals surface area (Å²) >= 11 is 0. The van der Waals surface area contributed by atoms with Crippen LogP contribution in [0.4, 0.5) is 0 Å². The Morgan fingerprint density at radius 2 is 2.00 bits per heavy atom. The number of aromatic amines is 1. The van der Waals surface area contributed by atoms with Gasteiger partial charge in [0.2, 0.25) is 0 Å². The minimum Gasteiger partial charge on any atom is -0.496 e. The number of nitrogens with one attached hydrogen (secondary N) is 2. The predicted octanol–water partition coefficient (Wildman–Crippen LogP) is 3.34. The Morgan fingerprint density at radius 1 is 1.21 bits per heavy atom. The van der Waals surface area contributed by atoms with Crippen molar-refractivity contribution in [2.24, 2.45) is 0 Å². The first kappa shape index (κ1) is 19.2. The van der Waals surface area contributed by atoms with Crippen molar-refractivity contribution in [2.45, 2.75) is 25.4 Å². The third-order valence-corrected chi connectivity index (χ3v) is 5.42. The highest BCUT2D eigenvalue weighted by Gasteiger charge is 2.26. The number of likely N-dealkylation sites (tertiary alicyclic amines) is 1. The first-order chi connectivity index (χ1) is 14.2. The molecule has 0 bridgehead atoms. The summed E-state index contributed by atoms with van der Waals surface area (Å²) in [5, 5.41) is 10.2. The molecule has 2 N–H and O–H groups in total. The topological polar surface area (TPSA) is 70.2 Å². The van der Waals surface area contributed by atoms with Crippen molar-refractivity contribution in [3.63, 3.8) is 0 Å². The molecule has 1 aromatic heterocycles. The number of hydrogen-bond donors (Lipinski definition) is 2. The predicted molar refractivity (Wildman–Crippen MR) is 112 cm³/mol. The van der Waals surface area contributed by atoms with E-state index in [0.717, 1.165) is 43.1 Å². The average molecular weight is 390 g/mol. The highest BCUT2D eigenvalue weighted by atomic mass is 16.5. The number of methoxy groups -OCH3 is 1. The fourth-order valence-electron chi connectivity index (χ4n) is 3.85. The molecule has 0 spiro atoms. The fraction of sp³-hybridized carbons (Fsp3) is 0.304. The van der Waals surface area contributed by atoms with Gasteiger partial charge in [-0.15, -0.1) is 0 Å². The summed E-state index contributed by atoms with van der Waals surface area (Å²) in [6.07, 6.45) is 1.07. The summed E-state index contributed by atoms with van der Waals surface area (Å²) in [5.41, 5.74) is 3.72. The van der Waals surface area contributed by atoms with Crippen LogP contribution in [0.1, 0.15) is 39.6 Å². The van der Waals surface area contributed by atoms with Crippen LogP contribution in [0.25, 0.3) is 0 Å². The van der Waals surface area contributed by atoms with Crippen molar-refractivity contribution >= 4 is 5.91 Å². The summed E-state index contributed by atoms with van der Waals surface area (Å²) < 4.78 is 5.33. The van der Waals surface area contributed by atoms with Crippen LogP contribution in [-0.2, 0) is 13.1 Å². The van der Waals surface area contributed by atoms with Crippen LogP contribution in [0.2, 0.25) is 0 Å². The van der Waals surface area contributed by atoms with Gasteiger partial charge in [-0.2, -0.15) is 5.10 Å². The summed E-state index contributed by atoms with van der Waals surface area (Å²) in [6.45, 7) is 3.38. The van der Waals surface area contributed by atoms with Crippen molar-refractivity contribution < 1.29 is 9.53 Å². The van der Waals surface area contributed by atoms with Crippen molar-refractivity contribution in [3.8, 4) is 5.75 Å². The highest BCUT2D eigenvalue weighted by molar-refractivity contribution is 5.92. The lowest BCUT2D eigenvalue weighted by molar-refractivity contribution is 0.0945. The molecule has 0 radical (unpaired) electrons. The smallest absolute Gasteiger partial charge is 0.272 e. The molecule has 1 aliphatic rings. The maximum atomic E-state index is 12.5. The Morgan fingerprint density at radius 3 is 2.83 bits per heavy atom. The lowest BCUT2D eigenvalue weighted by Crippen LogP contribution is -2.23. The minimum atomic E-state index is -0.183. The molecule has 1 saturated heterocycles. The zero-order valence-electron chi connectivity index (χ0n) is 16.6. The second-order valence-corrected chi connectivity index (χ2v) is 7.41. The van der Waals surface area contributed by atoms with E-state index in [9.17, 15) is 4.79 Å². The maximum Gasteiger partial charge on any atom is 0.272 e. The molecule has 6 nitrogen and oxygen atoms in total. The van der Waals surface area contributed by atoms with Gasteiger partial charge in [-0.1, -0.05) is 48.5 Å². The first-order valence-electron chi connectivity index (χ1n) is 9.94. The van der Waals surface area contributed by atoms with Crippen LogP contribution >= 0.6 is 0 Å². The van der Waals surface area contributed by atoms with Gasteiger partial charge in [-0.25, -0.2) is 0 Å². The van der Waals surface area contributed by atoms with Crippen LogP contribution in [-0.4, -0.2) is 41.2 Å². The number of hydrogen-bond acceptors (Lipinski definition) is 4.